The lowest BCUT2D eigenvalue weighted by atomic mass is 9.96. The molecule has 1 aliphatic carbocycles. The van der Waals surface area contributed by atoms with Crippen molar-refractivity contribution in [1.82, 2.24) is 0 Å². The number of esters is 1. The van der Waals surface area contributed by atoms with E-state index in [0.717, 1.165) is 18.9 Å². The van der Waals surface area contributed by atoms with E-state index in [2.05, 4.69) is 0 Å². The number of carbonyl (C=O) groups excluding carboxylic acids is 2. The van der Waals surface area contributed by atoms with Crippen LogP contribution >= 0.6 is 0 Å². The molecule has 0 saturated heterocycles. The molecule has 0 radical (unpaired) electrons. The molecule has 0 amide bonds. The summed E-state index contributed by atoms with van der Waals surface area (Å²) >= 11 is 0. The van der Waals surface area contributed by atoms with Gasteiger partial charge in [0.1, 0.15) is 0 Å². The molecular weight excluding hydrogens is 278 g/mol. The van der Waals surface area contributed by atoms with Gasteiger partial charge in [-0.1, -0.05) is 0 Å². The topological polar surface area (TPSA) is 95.7 Å². The fraction of sp³-hybridized carbons (Fsp3) is 0.429. The maximum Gasteiger partial charge on any atom is 0.339 e. The minimum Gasteiger partial charge on any atom is -0.490 e. The Morgan fingerprint density at radius 3 is 2.76 bits per heavy atom. The van der Waals surface area contributed by atoms with Crippen molar-refractivity contribution in [2.45, 2.75) is 31.8 Å². The van der Waals surface area contributed by atoms with Crippen molar-refractivity contribution < 1.29 is 24.0 Å². The summed E-state index contributed by atoms with van der Waals surface area (Å²) in [6.07, 6.45) is 1.80. The van der Waals surface area contributed by atoms with Crippen LogP contribution in [-0.4, -0.2) is 29.9 Å². The lowest BCUT2D eigenvalue weighted by Gasteiger charge is -2.20. The van der Waals surface area contributed by atoms with E-state index in [1.165, 1.54) is 19.2 Å². The molecule has 21 heavy (non-hydrogen) atoms. The first kappa shape index (κ1) is 15.0. The van der Waals surface area contributed by atoms with Crippen molar-refractivity contribution in [2.24, 2.45) is 0 Å². The first-order valence-corrected chi connectivity index (χ1v) is 6.59. The Bertz CT molecular complexity index is 583. The highest BCUT2D eigenvalue weighted by Gasteiger charge is 2.27. The molecule has 0 aliphatic heterocycles. The quantitative estimate of drug-likeness (QED) is 0.480. The summed E-state index contributed by atoms with van der Waals surface area (Å²) < 4.78 is 10.0. The van der Waals surface area contributed by atoms with Gasteiger partial charge in [-0.2, -0.15) is 0 Å². The molecule has 0 spiro atoms. The van der Waals surface area contributed by atoms with Crippen LogP contribution < -0.4 is 4.74 Å². The molecule has 1 atom stereocenters. The average Bonchev–Trinajstić information content (AvgIpc) is 2.48. The minimum absolute atomic E-state index is 0.0286. The van der Waals surface area contributed by atoms with Crippen LogP contribution in [0.3, 0.4) is 0 Å². The summed E-state index contributed by atoms with van der Waals surface area (Å²) in [6, 6.07) is 3.80. The highest BCUT2D eigenvalue weighted by Crippen LogP contribution is 2.28. The van der Waals surface area contributed by atoms with E-state index in [-0.39, 0.29) is 22.8 Å². The zero-order chi connectivity index (χ0) is 15.4. The molecule has 7 nitrogen and oxygen atoms in total. The Kier molecular flexibility index (Phi) is 4.52. The summed E-state index contributed by atoms with van der Waals surface area (Å²) in [7, 11) is 1.31. The van der Waals surface area contributed by atoms with E-state index < -0.39 is 17.0 Å². The largest absolute Gasteiger partial charge is 0.490 e. The van der Waals surface area contributed by atoms with Crippen molar-refractivity contribution in [2.75, 3.05) is 7.11 Å². The van der Waals surface area contributed by atoms with Gasteiger partial charge in [0.2, 0.25) is 0 Å². The fourth-order valence-corrected chi connectivity index (χ4v) is 2.23. The Balaban J connectivity index is 2.17. The maximum atomic E-state index is 12.0. The predicted octanol–water partition coefficient (Wildman–Crippen LogP) is 2.27. The summed E-state index contributed by atoms with van der Waals surface area (Å²) in [5.41, 5.74) is -0.289. The van der Waals surface area contributed by atoms with Crippen LogP contribution in [0.1, 0.15) is 36.0 Å². The van der Waals surface area contributed by atoms with Gasteiger partial charge in [0.15, 0.2) is 17.6 Å². The predicted molar refractivity (Wildman–Crippen MR) is 72.3 cm³/mol. The zero-order valence-corrected chi connectivity index (χ0v) is 11.5. The smallest absolute Gasteiger partial charge is 0.339 e. The third kappa shape index (κ3) is 3.36. The van der Waals surface area contributed by atoms with E-state index in [0.29, 0.717) is 12.8 Å². The molecule has 1 aliphatic rings. The monoisotopic (exact) mass is 293 g/mol. The molecule has 0 N–H and O–H groups in total. The number of nitrogens with zero attached hydrogens (tertiary/aromatic N) is 1. The molecule has 0 heterocycles. The van der Waals surface area contributed by atoms with Crippen LogP contribution in [-0.2, 0) is 9.53 Å². The summed E-state index contributed by atoms with van der Waals surface area (Å²) in [5.74, 6) is -0.774. The number of ether oxygens (including phenoxy) is 2. The second kappa shape index (κ2) is 6.34. The van der Waals surface area contributed by atoms with Crippen LogP contribution in [0.25, 0.3) is 0 Å². The Morgan fingerprint density at radius 1 is 1.38 bits per heavy atom. The lowest BCUT2D eigenvalue weighted by Crippen LogP contribution is -2.30. The Hall–Kier alpha value is -2.44. The number of methoxy groups -OCH3 is 1. The maximum absolute atomic E-state index is 12.0. The number of nitro groups is 1. The van der Waals surface area contributed by atoms with Gasteiger partial charge in [0.05, 0.1) is 17.6 Å². The van der Waals surface area contributed by atoms with Gasteiger partial charge in [-0.05, 0) is 31.4 Å². The van der Waals surface area contributed by atoms with Crippen LogP contribution in [0.5, 0.6) is 5.75 Å². The van der Waals surface area contributed by atoms with Crippen molar-refractivity contribution in [3.8, 4) is 5.75 Å². The van der Waals surface area contributed by atoms with Gasteiger partial charge in [-0.3, -0.25) is 14.9 Å². The van der Waals surface area contributed by atoms with Crippen LogP contribution in [0, 0.1) is 10.1 Å². The number of ketones is 1. The number of hydrogen-bond acceptors (Lipinski definition) is 6. The lowest BCUT2D eigenvalue weighted by molar-refractivity contribution is -0.385. The highest BCUT2D eigenvalue weighted by atomic mass is 16.6. The molecule has 0 bridgehead atoms. The van der Waals surface area contributed by atoms with Gasteiger partial charge in [0.25, 0.3) is 0 Å². The Morgan fingerprint density at radius 2 is 2.14 bits per heavy atom. The van der Waals surface area contributed by atoms with Gasteiger partial charge in [-0.25, -0.2) is 4.79 Å². The second-order valence-electron chi connectivity index (χ2n) is 4.75. The highest BCUT2D eigenvalue weighted by molar-refractivity contribution is 5.93. The third-order valence-corrected chi connectivity index (χ3v) is 3.36. The molecule has 0 unspecified atom stereocenters. The van der Waals surface area contributed by atoms with E-state index in [1.54, 1.807) is 0 Å². The average molecular weight is 293 g/mol. The number of benzene rings is 1. The van der Waals surface area contributed by atoms with Gasteiger partial charge < -0.3 is 9.47 Å². The van der Waals surface area contributed by atoms with Crippen molar-refractivity contribution in [3.05, 3.63) is 33.9 Å². The standard InChI is InChI=1S/C14H15NO6/c1-20-12-7-6-9(8-10(12)15(18)19)14(17)21-13-5-3-2-4-11(13)16/h6-8,13H,2-5H2,1H3/t13-/m1/s1. The molecule has 1 aromatic carbocycles. The van der Waals surface area contributed by atoms with Gasteiger partial charge in [-0.15, -0.1) is 0 Å². The fourth-order valence-electron chi connectivity index (χ4n) is 2.23. The Labute approximate surface area is 121 Å². The van der Waals surface area contributed by atoms with Gasteiger partial charge in [0, 0.05) is 12.5 Å². The summed E-state index contributed by atoms with van der Waals surface area (Å²) in [4.78, 5) is 33.9. The number of carbonyl (C=O) groups is 2. The van der Waals surface area contributed by atoms with E-state index >= 15 is 0 Å². The molecule has 7 heteroatoms. The van der Waals surface area contributed by atoms with E-state index in [1.807, 2.05) is 0 Å². The molecule has 112 valence electrons. The summed E-state index contributed by atoms with van der Waals surface area (Å²) in [6.45, 7) is 0. The van der Waals surface area contributed by atoms with Crippen molar-refractivity contribution >= 4 is 17.4 Å². The number of nitro benzene ring substituents is 1. The van der Waals surface area contributed by atoms with Crippen LogP contribution in [0.2, 0.25) is 0 Å². The number of Topliss-reactive ketones (excluding diaryl/α,β-unsaturated/α-hetero) is 1. The van der Waals surface area contributed by atoms with E-state index in [9.17, 15) is 19.7 Å². The number of rotatable bonds is 4. The summed E-state index contributed by atoms with van der Waals surface area (Å²) in [5, 5.41) is 10.9. The normalized spacial score (nSPS) is 18.1. The minimum atomic E-state index is -0.743. The molecular formula is C14H15NO6. The molecule has 2 rings (SSSR count). The van der Waals surface area contributed by atoms with Crippen molar-refractivity contribution in [3.63, 3.8) is 0 Å². The van der Waals surface area contributed by atoms with Crippen LogP contribution in [0.15, 0.2) is 18.2 Å². The first-order valence-electron chi connectivity index (χ1n) is 6.59. The molecule has 1 aromatic rings. The first-order chi connectivity index (χ1) is 10.0. The second-order valence-corrected chi connectivity index (χ2v) is 4.75. The third-order valence-electron chi connectivity index (χ3n) is 3.36. The number of hydrogen-bond donors (Lipinski definition) is 0. The molecule has 0 aromatic heterocycles. The molecule has 1 saturated carbocycles. The molecule has 1 fully saturated rings. The van der Waals surface area contributed by atoms with E-state index in [4.69, 9.17) is 9.47 Å². The zero-order valence-electron chi connectivity index (χ0n) is 11.5. The van der Waals surface area contributed by atoms with Crippen LogP contribution in [0.4, 0.5) is 5.69 Å². The van der Waals surface area contributed by atoms with Crippen molar-refractivity contribution in [1.29, 1.82) is 0 Å². The van der Waals surface area contributed by atoms with Gasteiger partial charge >= 0.3 is 11.7 Å². The SMILES string of the molecule is COc1ccc(C(=O)O[C@@H]2CCCCC2=O)cc1[N+](=O)[O-].